The minimum Gasteiger partial charge on any atom is -0.461 e. The second-order valence-electron chi connectivity index (χ2n) is 7.62. The number of ether oxygens (including phenoxy) is 1. The fourth-order valence-electron chi connectivity index (χ4n) is 3.04. The lowest BCUT2D eigenvalue weighted by Crippen LogP contribution is -2.23. The van der Waals surface area contributed by atoms with Crippen LogP contribution in [0.15, 0.2) is 40.7 Å². The predicted molar refractivity (Wildman–Crippen MR) is 127 cm³/mol. The molecule has 9 nitrogen and oxygen atoms in total. The minimum atomic E-state index is -0.645. The highest BCUT2D eigenvalue weighted by atomic mass is 16.5. The average Bonchev–Trinajstić information content (AvgIpc) is 2.77. The summed E-state index contributed by atoms with van der Waals surface area (Å²) >= 11 is 0. The second kappa shape index (κ2) is 12.8. The summed E-state index contributed by atoms with van der Waals surface area (Å²) < 4.78 is 5.34. The SMILES string of the molecule is CCCCC(CC)COC(=O)/C(C#N)=C\c1ccc(NC(=O)Nc2nc(C)cc(=O)[nH]2)cc1. The number of carbonyl (C=O) groups excluding carboxylic acids is 2. The summed E-state index contributed by atoms with van der Waals surface area (Å²) in [5.74, 6) is -0.318. The Hall–Kier alpha value is -3.93. The summed E-state index contributed by atoms with van der Waals surface area (Å²) in [4.78, 5) is 42.3. The van der Waals surface area contributed by atoms with E-state index < -0.39 is 12.0 Å². The normalized spacial score (nSPS) is 11.9. The molecule has 1 heterocycles. The van der Waals surface area contributed by atoms with Crippen LogP contribution in [-0.2, 0) is 9.53 Å². The van der Waals surface area contributed by atoms with E-state index in [1.54, 1.807) is 31.2 Å². The number of anilines is 2. The first kappa shape index (κ1) is 25.3. The number of unbranched alkanes of at least 4 members (excludes halogenated alkanes) is 1. The number of aromatic amines is 1. The van der Waals surface area contributed by atoms with Gasteiger partial charge in [-0.25, -0.2) is 14.6 Å². The van der Waals surface area contributed by atoms with Crippen molar-refractivity contribution in [1.29, 1.82) is 5.26 Å². The number of carbonyl (C=O) groups is 2. The third-order valence-corrected chi connectivity index (χ3v) is 4.91. The largest absolute Gasteiger partial charge is 0.461 e. The molecule has 1 aromatic carbocycles. The Morgan fingerprint density at radius 3 is 2.58 bits per heavy atom. The molecule has 1 aromatic heterocycles. The van der Waals surface area contributed by atoms with Gasteiger partial charge in [-0.15, -0.1) is 0 Å². The molecule has 2 aromatic rings. The maximum atomic E-state index is 12.3. The van der Waals surface area contributed by atoms with E-state index in [-0.39, 0.29) is 23.0 Å². The van der Waals surface area contributed by atoms with Crippen LogP contribution in [0.3, 0.4) is 0 Å². The van der Waals surface area contributed by atoms with Crippen LogP contribution >= 0.6 is 0 Å². The number of amides is 2. The highest BCUT2D eigenvalue weighted by Gasteiger charge is 2.14. The fraction of sp³-hybridized carbons (Fsp3) is 0.375. The van der Waals surface area contributed by atoms with Crippen LogP contribution in [0.4, 0.5) is 16.4 Å². The van der Waals surface area contributed by atoms with Crippen LogP contribution in [0.5, 0.6) is 0 Å². The van der Waals surface area contributed by atoms with Gasteiger partial charge in [0.1, 0.15) is 11.6 Å². The second-order valence-corrected chi connectivity index (χ2v) is 7.62. The summed E-state index contributed by atoms with van der Waals surface area (Å²) in [5, 5.41) is 14.4. The maximum Gasteiger partial charge on any atom is 0.348 e. The molecule has 0 saturated heterocycles. The third-order valence-electron chi connectivity index (χ3n) is 4.91. The molecule has 0 saturated carbocycles. The Labute approximate surface area is 192 Å². The fourth-order valence-corrected chi connectivity index (χ4v) is 3.04. The first-order valence-electron chi connectivity index (χ1n) is 10.9. The molecule has 0 aliphatic heterocycles. The highest BCUT2D eigenvalue weighted by Crippen LogP contribution is 2.16. The van der Waals surface area contributed by atoms with E-state index >= 15 is 0 Å². The molecule has 0 spiro atoms. The summed E-state index contributed by atoms with van der Waals surface area (Å²) in [5.41, 5.74) is 1.10. The van der Waals surface area contributed by atoms with E-state index in [1.807, 2.05) is 6.07 Å². The Morgan fingerprint density at radius 2 is 1.97 bits per heavy atom. The van der Waals surface area contributed by atoms with Gasteiger partial charge >= 0.3 is 12.0 Å². The number of nitriles is 1. The number of hydrogen-bond donors (Lipinski definition) is 3. The molecule has 2 amide bonds. The van der Waals surface area contributed by atoms with Crippen molar-refractivity contribution in [2.45, 2.75) is 46.5 Å². The average molecular weight is 452 g/mol. The first-order valence-corrected chi connectivity index (χ1v) is 10.9. The van der Waals surface area contributed by atoms with E-state index in [1.165, 1.54) is 12.1 Å². The summed E-state index contributed by atoms with van der Waals surface area (Å²) in [7, 11) is 0. The van der Waals surface area contributed by atoms with Gasteiger partial charge in [-0.1, -0.05) is 45.2 Å². The van der Waals surface area contributed by atoms with Crippen molar-refractivity contribution in [1.82, 2.24) is 9.97 Å². The van der Waals surface area contributed by atoms with Crippen molar-refractivity contribution in [2.75, 3.05) is 17.2 Å². The molecule has 2 rings (SSSR count). The first-order chi connectivity index (χ1) is 15.8. The monoisotopic (exact) mass is 451 g/mol. The lowest BCUT2D eigenvalue weighted by Gasteiger charge is -2.14. The van der Waals surface area contributed by atoms with Gasteiger partial charge in [-0.05, 0) is 43.0 Å². The summed E-state index contributed by atoms with van der Waals surface area (Å²) in [6.07, 6.45) is 5.51. The topological polar surface area (TPSA) is 137 Å². The van der Waals surface area contributed by atoms with E-state index in [0.717, 1.165) is 25.7 Å². The minimum absolute atomic E-state index is 0.0363. The molecule has 0 bridgehead atoms. The Balaban J connectivity index is 1.96. The molecule has 1 atom stereocenters. The van der Waals surface area contributed by atoms with Gasteiger partial charge in [-0.2, -0.15) is 5.26 Å². The quantitative estimate of drug-likeness (QED) is 0.278. The van der Waals surface area contributed by atoms with E-state index in [0.29, 0.717) is 23.6 Å². The maximum absolute atomic E-state index is 12.3. The van der Waals surface area contributed by atoms with Gasteiger partial charge in [0.15, 0.2) is 0 Å². The number of rotatable bonds is 10. The zero-order chi connectivity index (χ0) is 24.2. The zero-order valence-corrected chi connectivity index (χ0v) is 19.1. The highest BCUT2D eigenvalue weighted by molar-refractivity contribution is 5.99. The van der Waals surface area contributed by atoms with Crippen LogP contribution in [0.25, 0.3) is 6.08 Å². The Morgan fingerprint density at radius 1 is 1.24 bits per heavy atom. The smallest absolute Gasteiger partial charge is 0.348 e. The lowest BCUT2D eigenvalue weighted by atomic mass is 10.0. The van der Waals surface area contributed by atoms with Crippen molar-refractivity contribution in [3.05, 3.63) is 57.5 Å². The number of nitrogens with zero attached hydrogens (tertiary/aromatic N) is 2. The van der Waals surface area contributed by atoms with E-state index in [4.69, 9.17) is 4.74 Å². The van der Waals surface area contributed by atoms with Crippen molar-refractivity contribution in [3.63, 3.8) is 0 Å². The zero-order valence-electron chi connectivity index (χ0n) is 19.1. The number of aryl methyl sites for hydroxylation is 1. The van der Waals surface area contributed by atoms with Crippen LogP contribution < -0.4 is 16.2 Å². The number of benzene rings is 1. The van der Waals surface area contributed by atoms with E-state index in [9.17, 15) is 19.6 Å². The van der Waals surface area contributed by atoms with Crippen molar-refractivity contribution < 1.29 is 14.3 Å². The van der Waals surface area contributed by atoms with Gasteiger partial charge in [0.05, 0.1) is 6.61 Å². The van der Waals surface area contributed by atoms with Gasteiger partial charge in [0, 0.05) is 17.4 Å². The van der Waals surface area contributed by atoms with Crippen LogP contribution in [-0.4, -0.2) is 28.6 Å². The van der Waals surface area contributed by atoms with Gasteiger partial charge in [-0.3, -0.25) is 15.1 Å². The number of aromatic nitrogens is 2. The number of hydrogen-bond acceptors (Lipinski definition) is 6. The molecule has 0 aliphatic rings. The van der Waals surface area contributed by atoms with Crippen molar-refractivity contribution in [2.24, 2.45) is 5.92 Å². The molecule has 0 aliphatic carbocycles. The Kier molecular flexibility index (Phi) is 9.83. The van der Waals surface area contributed by atoms with Crippen LogP contribution in [0.1, 0.15) is 50.8 Å². The molecular weight excluding hydrogens is 422 g/mol. The molecule has 174 valence electrons. The number of esters is 1. The summed E-state index contributed by atoms with van der Waals surface area (Å²) in [6, 6.07) is 9.18. The molecular formula is C24H29N5O4. The van der Waals surface area contributed by atoms with Crippen LogP contribution in [0, 0.1) is 24.2 Å². The van der Waals surface area contributed by atoms with Gasteiger partial charge in [0.2, 0.25) is 5.95 Å². The van der Waals surface area contributed by atoms with E-state index in [2.05, 4.69) is 34.4 Å². The molecule has 1 unspecified atom stereocenters. The van der Waals surface area contributed by atoms with Crippen LogP contribution in [0.2, 0.25) is 0 Å². The summed E-state index contributed by atoms with van der Waals surface area (Å²) in [6.45, 7) is 6.12. The molecule has 0 radical (unpaired) electrons. The lowest BCUT2D eigenvalue weighted by molar-refractivity contribution is -0.139. The van der Waals surface area contributed by atoms with Gasteiger partial charge < -0.3 is 10.1 Å². The molecule has 0 fully saturated rings. The number of nitrogens with one attached hydrogen (secondary N) is 3. The third kappa shape index (κ3) is 8.61. The van der Waals surface area contributed by atoms with Crippen molar-refractivity contribution in [3.8, 4) is 6.07 Å². The Bertz CT molecular complexity index is 1080. The van der Waals surface area contributed by atoms with Crippen molar-refractivity contribution >= 4 is 29.7 Å². The standard InChI is InChI=1S/C24H29N5O4/c1-4-6-7-17(5-2)15-33-22(31)19(14-25)13-18-8-10-20(11-9-18)27-24(32)29-23-26-16(3)12-21(30)28-23/h8-13,17H,4-7,15H2,1-3H3,(H3,26,27,28,29,30,32)/b19-13-. The predicted octanol–water partition coefficient (Wildman–Crippen LogP) is 4.39. The molecule has 3 N–H and O–H groups in total. The number of H-pyrrole nitrogens is 1. The molecule has 33 heavy (non-hydrogen) atoms. The van der Waals surface area contributed by atoms with Gasteiger partial charge in [0.25, 0.3) is 5.56 Å². The number of urea groups is 1. The molecule has 9 heteroatoms.